The normalized spacial score (nSPS) is 28.4. The molecule has 3 N–H and O–H groups in total. The van der Waals surface area contributed by atoms with Gasteiger partial charge in [-0.25, -0.2) is 4.79 Å². The summed E-state index contributed by atoms with van der Waals surface area (Å²) in [7, 11) is 2.93. The van der Waals surface area contributed by atoms with Crippen molar-refractivity contribution in [3.63, 3.8) is 0 Å². The molecule has 3 saturated heterocycles. The van der Waals surface area contributed by atoms with Crippen LogP contribution in [-0.4, -0.2) is 100 Å². The standard InChI is InChI=1S/C48H65NO14/c1-5-6-7-8-9-10-11-12-13-14-15-16-17-18-19-20-21-49-48(53)63-44-36(54-3)22-30(23-37(44)55-4)39-31-24-34-35(59-28-58-34)25-32(31)43(33-26-57-46(52)40(33)39)62-47-42(51)41(50)45-38(61-47)27-56-29(2)60-45/h9-10,12-13,22-25,29,33,38-43,45,47,50-51H,5-8,11,14-21,26-28H2,1-4H3,(H,49,53)/b10-9-,13-12-/t29-,33+,38-,39-,40+,41-,42-,43-,45?,47+/m1/s1. The molecule has 4 aliphatic heterocycles. The maximum atomic E-state index is 13.8. The summed E-state index contributed by atoms with van der Waals surface area (Å²) < 4.78 is 58.7. The summed E-state index contributed by atoms with van der Waals surface area (Å²) in [5, 5.41) is 25.2. The molecule has 4 heterocycles. The third-order valence-electron chi connectivity index (χ3n) is 12.6. The molecule has 15 nitrogen and oxygen atoms in total. The molecule has 7 rings (SSSR count). The number of carbonyl (C=O) groups is 2. The summed E-state index contributed by atoms with van der Waals surface area (Å²) in [5.74, 6) is -0.892. The predicted octanol–water partition coefficient (Wildman–Crippen LogP) is 7.53. The molecular formula is C48H65NO14. The molecule has 0 spiro atoms. The Bertz CT molecular complexity index is 1870. The van der Waals surface area contributed by atoms with Crippen molar-refractivity contribution in [3.8, 4) is 28.7 Å². The molecule has 1 unspecified atom stereocenters. The fourth-order valence-electron chi connectivity index (χ4n) is 9.25. The molecule has 63 heavy (non-hydrogen) atoms. The number of methoxy groups -OCH3 is 2. The first-order chi connectivity index (χ1) is 30.7. The van der Waals surface area contributed by atoms with Crippen LogP contribution in [-0.2, 0) is 28.5 Å². The largest absolute Gasteiger partial charge is 0.493 e. The summed E-state index contributed by atoms with van der Waals surface area (Å²) >= 11 is 0. The molecule has 2 aromatic carbocycles. The number of hydrogen-bond acceptors (Lipinski definition) is 14. The highest BCUT2D eigenvalue weighted by Crippen LogP contribution is 2.57. The fourth-order valence-corrected chi connectivity index (χ4v) is 9.25. The van der Waals surface area contributed by atoms with Crippen molar-refractivity contribution in [1.82, 2.24) is 5.32 Å². The van der Waals surface area contributed by atoms with Crippen LogP contribution in [0.15, 0.2) is 48.6 Å². The maximum absolute atomic E-state index is 13.8. The van der Waals surface area contributed by atoms with Gasteiger partial charge in [-0.1, -0.05) is 69.8 Å². The Hall–Kier alpha value is -4.38. The van der Waals surface area contributed by atoms with Crippen LogP contribution in [0.5, 0.6) is 28.7 Å². The molecule has 5 aliphatic rings. The Kier molecular flexibility index (Phi) is 16.6. The Morgan fingerprint density at radius 3 is 2.17 bits per heavy atom. The van der Waals surface area contributed by atoms with Gasteiger partial charge in [0.05, 0.1) is 39.5 Å². The smallest absolute Gasteiger partial charge is 0.412 e. The third kappa shape index (κ3) is 11.1. The van der Waals surface area contributed by atoms with Gasteiger partial charge in [-0.05, 0) is 86.4 Å². The zero-order valence-electron chi connectivity index (χ0n) is 37.0. The van der Waals surface area contributed by atoms with Gasteiger partial charge in [-0.2, -0.15) is 0 Å². The highest BCUT2D eigenvalue weighted by molar-refractivity contribution is 5.79. The number of fused-ring (bicyclic) bond motifs is 4. The number of esters is 1. The van der Waals surface area contributed by atoms with E-state index in [9.17, 15) is 19.8 Å². The number of unbranched alkanes of at least 4 members (excludes halogenated alkanes) is 9. The zero-order valence-corrected chi connectivity index (χ0v) is 37.0. The predicted molar refractivity (Wildman–Crippen MR) is 230 cm³/mol. The topological polar surface area (TPSA) is 179 Å². The van der Waals surface area contributed by atoms with Gasteiger partial charge in [0.25, 0.3) is 0 Å². The minimum Gasteiger partial charge on any atom is -0.493 e. The van der Waals surface area contributed by atoms with Crippen LogP contribution in [0.4, 0.5) is 4.79 Å². The van der Waals surface area contributed by atoms with E-state index in [0.717, 1.165) is 38.5 Å². The number of aliphatic hydroxyl groups is 2. The number of amides is 1. The van der Waals surface area contributed by atoms with Crippen molar-refractivity contribution in [2.45, 2.75) is 140 Å². The van der Waals surface area contributed by atoms with Gasteiger partial charge in [-0.3, -0.25) is 4.79 Å². The number of allylic oxidation sites excluding steroid dienone is 4. The third-order valence-corrected chi connectivity index (χ3v) is 12.6. The summed E-state index contributed by atoms with van der Waals surface area (Å²) in [6.45, 7) is 4.56. The average molecular weight is 880 g/mol. The Morgan fingerprint density at radius 1 is 0.810 bits per heavy atom. The second kappa shape index (κ2) is 22.5. The highest BCUT2D eigenvalue weighted by atomic mass is 16.8. The van der Waals surface area contributed by atoms with Gasteiger partial charge in [-0.15, -0.1) is 0 Å². The number of nitrogens with one attached hydrogen (secondary N) is 1. The van der Waals surface area contributed by atoms with E-state index in [2.05, 4.69) is 36.5 Å². The summed E-state index contributed by atoms with van der Waals surface area (Å²) in [6, 6.07) is 7.08. The first-order valence-corrected chi connectivity index (χ1v) is 22.8. The molecule has 0 bridgehead atoms. The maximum Gasteiger partial charge on any atom is 0.412 e. The minimum atomic E-state index is -1.47. The van der Waals surface area contributed by atoms with Crippen LogP contribution < -0.4 is 29.0 Å². The fraction of sp³-hybridized carbons (Fsp3) is 0.625. The van der Waals surface area contributed by atoms with Crippen LogP contribution in [0.2, 0.25) is 0 Å². The number of rotatable bonds is 21. The van der Waals surface area contributed by atoms with Gasteiger partial charge in [0.15, 0.2) is 35.6 Å². The zero-order chi connectivity index (χ0) is 44.3. The number of cyclic esters (lactones) is 1. The van der Waals surface area contributed by atoms with E-state index < -0.39 is 72.9 Å². The number of carbonyl (C=O) groups excluding carboxylic acids is 2. The molecule has 1 aliphatic carbocycles. The summed E-state index contributed by atoms with van der Waals surface area (Å²) in [5.41, 5.74) is 1.96. The molecule has 2 aromatic rings. The summed E-state index contributed by atoms with van der Waals surface area (Å²) in [4.78, 5) is 26.9. The van der Waals surface area contributed by atoms with E-state index in [1.807, 2.05) is 12.1 Å². The second-order valence-electron chi connectivity index (χ2n) is 16.9. The Labute approximate surface area is 370 Å². The van der Waals surface area contributed by atoms with Gasteiger partial charge >= 0.3 is 12.1 Å². The van der Waals surface area contributed by atoms with E-state index in [4.69, 9.17) is 47.4 Å². The average Bonchev–Trinajstić information content (AvgIpc) is 3.92. The van der Waals surface area contributed by atoms with E-state index in [1.54, 1.807) is 19.1 Å². The minimum absolute atomic E-state index is 0.00707. The van der Waals surface area contributed by atoms with Crippen LogP contribution in [0.25, 0.3) is 0 Å². The molecule has 346 valence electrons. The molecule has 1 amide bonds. The van der Waals surface area contributed by atoms with Crippen molar-refractivity contribution in [2.75, 3.05) is 40.8 Å². The van der Waals surface area contributed by atoms with Crippen molar-refractivity contribution < 1.29 is 67.2 Å². The van der Waals surface area contributed by atoms with Crippen molar-refractivity contribution >= 4 is 12.1 Å². The van der Waals surface area contributed by atoms with Gasteiger partial charge in [0.2, 0.25) is 12.5 Å². The van der Waals surface area contributed by atoms with Gasteiger partial charge in [0, 0.05) is 18.4 Å². The van der Waals surface area contributed by atoms with E-state index in [0.29, 0.717) is 34.7 Å². The molecule has 3 fully saturated rings. The lowest BCUT2D eigenvalue weighted by molar-refractivity contribution is -0.364. The monoisotopic (exact) mass is 879 g/mol. The molecule has 10 atom stereocenters. The first kappa shape index (κ1) is 46.6. The molecule has 15 heteroatoms. The molecule has 0 aromatic heterocycles. The first-order valence-electron chi connectivity index (χ1n) is 22.8. The Morgan fingerprint density at radius 2 is 1.48 bits per heavy atom. The molecular weight excluding hydrogens is 815 g/mol. The Balaban J connectivity index is 0.984. The lowest BCUT2D eigenvalue weighted by Crippen LogP contribution is -2.63. The lowest BCUT2D eigenvalue weighted by Gasteiger charge is -2.47. The molecule has 0 radical (unpaired) electrons. The quantitative estimate of drug-likeness (QED) is 0.0636. The summed E-state index contributed by atoms with van der Waals surface area (Å²) in [6.07, 6.45) is 15.1. The highest BCUT2D eigenvalue weighted by Gasteiger charge is 2.56. The van der Waals surface area contributed by atoms with Crippen molar-refractivity contribution in [3.05, 3.63) is 65.3 Å². The number of hydrogen-bond donors (Lipinski definition) is 3. The van der Waals surface area contributed by atoms with Gasteiger partial charge in [0.1, 0.15) is 24.4 Å². The number of aliphatic hydroxyl groups excluding tert-OH is 2. The van der Waals surface area contributed by atoms with Crippen molar-refractivity contribution in [2.24, 2.45) is 11.8 Å². The number of ether oxygens (including phenoxy) is 10. The van der Waals surface area contributed by atoms with Crippen LogP contribution in [0.3, 0.4) is 0 Å². The van der Waals surface area contributed by atoms with Gasteiger partial charge < -0.3 is 62.9 Å². The van der Waals surface area contributed by atoms with E-state index >= 15 is 0 Å². The van der Waals surface area contributed by atoms with Crippen LogP contribution in [0.1, 0.15) is 120 Å². The van der Waals surface area contributed by atoms with E-state index in [1.165, 1.54) is 52.7 Å². The SMILES string of the molecule is CCCCC/C=C\C/C=C\CCCCCCCCNC(=O)Oc1c(OC)cc([C@@H]2c3cc4c(cc3[C@@H](O[C@@H]3O[C@@H]5CO[C@@H](C)OC5[C@H](O)[C@H]3O)[C@H]3COC(=O)[C@H]23)OCO4)cc1OC. The van der Waals surface area contributed by atoms with Crippen LogP contribution >= 0.6 is 0 Å². The number of benzene rings is 2. The van der Waals surface area contributed by atoms with E-state index in [-0.39, 0.29) is 37.3 Å². The second-order valence-corrected chi connectivity index (χ2v) is 16.9. The van der Waals surface area contributed by atoms with Crippen LogP contribution in [0, 0.1) is 11.8 Å². The lowest BCUT2D eigenvalue weighted by atomic mass is 9.66. The molecule has 0 saturated carbocycles. The van der Waals surface area contributed by atoms with Crippen molar-refractivity contribution in [1.29, 1.82) is 0 Å².